The maximum Gasteiger partial charge on any atom is 0.226 e. The molecule has 30 heavy (non-hydrogen) atoms. The number of hydrogen-bond acceptors (Lipinski definition) is 5. The van der Waals surface area contributed by atoms with Gasteiger partial charge in [-0.05, 0) is 31.7 Å². The van der Waals surface area contributed by atoms with Gasteiger partial charge in [0.05, 0.1) is 24.5 Å². The number of amides is 1. The van der Waals surface area contributed by atoms with Crippen LogP contribution in [0.5, 0.6) is 0 Å². The SMILES string of the molecule is CC1CN(c2nc(-c3ccccc3)c3c(c2C#N)CCOC3)CCN1C(=O)C1CC1. The van der Waals surface area contributed by atoms with Crippen LogP contribution in [-0.2, 0) is 22.6 Å². The molecule has 6 nitrogen and oxygen atoms in total. The van der Waals surface area contributed by atoms with Crippen LogP contribution in [0.1, 0.15) is 36.5 Å². The number of fused-ring (bicyclic) bond motifs is 1. The summed E-state index contributed by atoms with van der Waals surface area (Å²) in [7, 11) is 0. The second kappa shape index (κ2) is 7.73. The zero-order valence-corrected chi connectivity index (χ0v) is 17.3. The lowest BCUT2D eigenvalue weighted by atomic mass is 9.93. The topological polar surface area (TPSA) is 69.5 Å². The molecule has 0 N–H and O–H groups in total. The lowest BCUT2D eigenvalue weighted by Gasteiger charge is -2.41. The summed E-state index contributed by atoms with van der Waals surface area (Å²) in [5, 5.41) is 10.0. The Morgan fingerprint density at radius 1 is 1.20 bits per heavy atom. The number of aromatic nitrogens is 1. The highest BCUT2D eigenvalue weighted by molar-refractivity contribution is 5.82. The number of ether oxygens (including phenoxy) is 1. The Bertz CT molecular complexity index is 1010. The Morgan fingerprint density at radius 2 is 2.00 bits per heavy atom. The molecule has 154 valence electrons. The number of nitrogens with zero attached hydrogens (tertiary/aromatic N) is 4. The summed E-state index contributed by atoms with van der Waals surface area (Å²) < 4.78 is 5.72. The predicted molar refractivity (Wildman–Crippen MR) is 114 cm³/mol. The molecule has 3 heterocycles. The Balaban J connectivity index is 1.53. The van der Waals surface area contributed by atoms with Gasteiger partial charge in [-0.15, -0.1) is 0 Å². The quantitative estimate of drug-likeness (QED) is 0.789. The van der Waals surface area contributed by atoms with E-state index in [-0.39, 0.29) is 12.0 Å². The molecular weight excluding hydrogens is 376 g/mol. The molecule has 5 rings (SSSR count). The van der Waals surface area contributed by atoms with Crippen molar-refractivity contribution in [2.45, 2.75) is 38.8 Å². The third-order valence-electron chi connectivity index (χ3n) is 6.43. The van der Waals surface area contributed by atoms with Crippen molar-refractivity contribution in [1.29, 1.82) is 5.26 Å². The lowest BCUT2D eigenvalue weighted by Crippen LogP contribution is -2.55. The van der Waals surface area contributed by atoms with Crippen molar-refractivity contribution in [3.63, 3.8) is 0 Å². The first-order chi connectivity index (χ1) is 14.7. The van der Waals surface area contributed by atoms with E-state index < -0.39 is 0 Å². The molecule has 1 unspecified atom stereocenters. The van der Waals surface area contributed by atoms with E-state index in [9.17, 15) is 10.1 Å². The highest BCUT2D eigenvalue weighted by Gasteiger charge is 2.38. The van der Waals surface area contributed by atoms with Crippen LogP contribution in [0.2, 0.25) is 0 Å². The summed E-state index contributed by atoms with van der Waals surface area (Å²) in [4.78, 5) is 21.8. The molecule has 1 amide bonds. The molecule has 0 radical (unpaired) electrons. The molecule has 1 aliphatic carbocycles. The van der Waals surface area contributed by atoms with Gasteiger partial charge in [0.1, 0.15) is 11.9 Å². The smallest absolute Gasteiger partial charge is 0.226 e. The first-order valence-corrected chi connectivity index (χ1v) is 10.8. The van der Waals surface area contributed by atoms with E-state index in [4.69, 9.17) is 9.72 Å². The second-order valence-corrected chi connectivity index (χ2v) is 8.50. The van der Waals surface area contributed by atoms with Gasteiger partial charge in [-0.2, -0.15) is 5.26 Å². The standard InChI is InChI=1S/C24H26N4O2/c1-16-14-27(10-11-28(16)24(29)18-7-8-18)23-20(13-25)19-9-12-30-15-21(19)22(26-23)17-5-3-2-4-6-17/h2-6,16,18H,7-12,14-15H2,1H3. The number of rotatable bonds is 3. The van der Waals surface area contributed by atoms with E-state index in [1.165, 1.54) is 0 Å². The fraction of sp³-hybridized carbons (Fsp3) is 0.458. The fourth-order valence-corrected chi connectivity index (χ4v) is 4.66. The number of piperazine rings is 1. The van der Waals surface area contributed by atoms with Crippen molar-refractivity contribution in [3.05, 3.63) is 47.0 Å². The van der Waals surface area contributed by atoms with Crippen LogP contribution in [-0.4, -0.2) is 48.1 Å². The van der Waals surface area contributed by atoms with Crippen molar-refractivity contribution >= 4 is 11.7 Å². The summed E-state index contributed by atoms with van der Waals surface area (Å²) in [6, 6.07) is 12.7. The number of hydrogen-bond donors (Lipinski definition) is 0. The Hall–Kier alpha value is -2.91. The third kappa shape index (κ3) is 3.33. The number of benzene rings is 1. The summed E-state index contributed by atoms with van der Waals surface area (Å²) in [6.07, 6.45) is 2.78. The molecule has 2 aromatic rings. The maximum atomic E-state index is 12.6. The van der Waals surface area contributed by atoms with Crippen molar-refractivity contribution in [3.8, 4) is 17.3 Å². The molecule has 6 heteroatoms. The summed E-state index contributed by atoms with van der Waals surface area (Å²) in [6.45, 7) is 5.30. The fourth-order valence-electron chi connectivity index (χ4n) is 4.66. The van der Waals surface area contributed by atoms with Gasteiger partial charge in [0.2, 0.25) is 5.91 Å². The molecule has 1 aromatic heterocycles. The minimum absolute atomic E-state index is 0.111. The van der Waals surface area contributed by atoms with Gasteiger partial charge < -0.3 is 14.5 Å². The number of nitriles is 1. The number of carbonyl (C=O) groups excluding carboxylic acids is 1. The van der Waals surface area contributed by atoms with Gasteiger partial charge in [0.15, 0.2) is 0 Å². The average Bonchev–Trinajstić information content (AvgIpc) is 3.63. The van der Waals surface area contributed by atoms with Crippen molar-refractivity contribution < 1.29 is 9.53 Å². The highest BCUT2D eigenvalue weighted by Crippen LogP contribution is 2.36. The Labute approximate surface area is 177 Å². The van der Waals surface area contributed by atoms with Crippen LogP contribution in [0.25, 0.3) is 11.3 Å². The normalized spacial score (nSPS) is 21.1. The average molecular weight is 402 g/mol. The van der Waals surface area contributed by atoms with Gasteiger partial charge in [-0.3, -0.25) is 4.79 Å². The van der Waals surface area contributed by atoms with Gasteiger partial charge in [0.25, 0.3) is 0 Å². The van der Waals surface area contributed by atoms with Crippen LogP contribution in [0, 0.1) is 17.2 Å². The molecule has 0 bridgehead atoms. The van der Waals surface area contributed by atoms with E-state index in [0.29, 0.717) is 44.3 Å². The van der Waals surface area contributed by atoms with E-state index in [0.717, 1.165) is 47.5 Å². The first-order valence-electron chi connectivity index (χ1n) is 10.8. The molecular formula is C24H26N4O2. The van der Waals surface area contributed by atoms with Gasteiger partial charge in [-0.25, -0.2) is 4.98 Å². The van der Waals surface area contributed by atoms with Gasteiger partial charge >= 0.3 is 0 Å². The van der Waals surface area contributed by atoms with Crippen LogP contribution in [0.15, 0.2) is 30.3 Å². The third-order valence-corrected chi connectivity index (χ3v) is 6.43. The Morgan fingerprint density at radius 3 is 2.70 bits per heavy atom. The molecule has 1 saturated carbocycles. The number of carbonyl (C=O) groups is 1. The van der Waals surface area contributed by atoms with E-state index >= 15 is 0 Å². The predicted octanol–water partition coefficient (Wildman–Crippen LogP) is 3.14. The highest BCUT2D eigenvalue weighted by atomic mass is 16.5. The number of pyridine rings is 1. The van der Waals surface area contributed by atoms with E-state index in [1.807, 2.05) is 23.1 Å². The Kier molecular flexibility index (Phi) is 4.92. The monoisotopic (exact) mass is 402 g/mol. The second-order valence-electron chi connectivity index (χ2n) is 8.50. The van der Waals surface area contributed by atoms with Crippen LogP contribution >= 0.6 is 0 Å². The first kappa shape index (κ1) is 19.1. The maximum absolute atomic E-state index is 12.6. The summed E-state index contributed by atoms with van der Waals surface area (Å²) in [5.41, 5.74) is 4.71. The summed E-state index contributed by atoms with van der Waals surface area (Å²) in [5.74, 6) is 1.28. The molecule has 3 aliphatic rings. The number of anilines is 1. The zero-order valence-electron chi connectivity index (χ0n) is 17.3. The molecule has 2 fully saturated rings. The molecule has 2 aliphatic heterocycles. The van der Waals surface area contributed by atoms with Gasteiger partial charge in [0, 0.05) is 42.7 Å². The minimum Gasteiger partial charge on any atom is -0.376 e. The molecule has 1 aromatic carbocycles. The van der Waals surface area contributed by atoms with Crippen LogP contribution in [0.3, 0.4) is 0 Å². The molecule has 0 spiro atoms. The molecule has 1 atom stereocenters. The van der Waals surface area contributed by atoms with Crippen molar-refractivity contribution in [1.82, 2.24) is 9.88 Å². The van der Waals surface area contributed by atoms with E-state index in [2.05, 4.69) is 30.0 Å². The molecule has 1 saturated heterocycles. The van der Waals surface area contributed by atoms with Gasteiger partial charge in [-0.1, -0.05) is 30.3 Å². The minimum atomic E-state index is 0.111. The van der Waals surface area contributed by atoms with Crippen LogP contribution < -0.4 is 4.90 Å². The largest absolute Gasteiger partial charge is 0.376 e. The lowest BCUT2D eigenvalue weighted by molar-refractivity contribution is -0.134. The van der Waals surface area contributed by atoms with E-state index in [1.54, 1.807) is 0 Å². The van der Waals surface area contributed by atoms with Crippen molar-refractivity contribution in [2.24, 2.45) is 5.92 Å². The zero-order chi connectivity index (χ0) is 20.7. The van der Waals surface area contributed by atoms with Crippen LogP contribution in [0.4, 0.5) is 5.82 Å². The summed E-state index contributed by atoms with van der Waals surface area (Å²) >= 11 is 0. The van der Waals surface area contributed by atoms with Crippen molar-refractivity contribution in [2.75, 3.05) is 31.1 Å².